The number of rotatable bonds is 9. The van der Waals surface area contributed by atoms with Gasteiger partial charge in [0.05, 0.1) is 0 Å². The van der Waals surface area contributed by atoms with Crippen molar-refractivity contribution >= 4 is 34.4 Å². The van der Waals surface area contributed by atoms with Crippen LogP contribution in [-0.4, -0.2) is 28.2 Å². The fourth-order valence-corrected chi connectivity index (χ4v) is 4.60. The molecule has 0 atom stereocenters. The number of halogens is 1. The molecule has 7 heteroatoms. The Morgan fingerprint density at radius 2 is 1.68 bits per heavy atom. The van der Waals surface area contributed by atoms with Crippen LogP contribution in [0.25, 0.3) is 10.9 Å². The van der Waals surface area contributed by atoms with Gasteiger partial charge in [-0.05, 0) is 78.4 Å². The summed E-state index contributed by atoms with van der Waals surface area (Å²) in [5.74, 6) is -0.273. The van der Waals surface area contributed by atoms with E-state index in [9.17, 15) is 9.59 Å². The van der Waals surface area contributed by atoms with Crippen LogP contribution in [0.1, 0.15) is 85.8 Å². The number of aromatic nitrogens is 1. The third kappa shape index (κ3) is 8.61. The predicted molar refractivity (Wildman–Crippen MR) is 169 cm³/mol. The average molecular weight is 579 g/mol. The molecule has 2 N–H and O–H groups in total. The van der Waals surface area contributed by atoms with E-state index in [0.717, 1.165) is 33.3 Å². The van der Waals surface area contributed by atoms with Crippen LogP contribution < -0.4 is 10.1 Å². The molecule has 0 bridgehead atoms. The Morgan fingerprint density at radius 3 is 2.34 bits per heavy atom. The number of nitrogens with one attached hydrogen (secondary N) is 1. The Morgan fingerprint density at radius 1 is 0.976 bits per heavy atom. The number of carbonyl (C=O) groups excluding carboxylic acids is 1. The number of carboxylic acids is 1. The van der Waals surface area contributed by atoms with Gasteiger partial charge in [0, 0.05) is 40.3 Å². The fraction of sp³-hybridized carbons (Fsp3) is 0.353. The molecule has 0 spiro atoms. The molecule has 0 saturated carbocycles. The molecule has 4 rings (SSSR count). The number of carbonyl (C=O) groups is 2. The van der Waals surface area contributed by atoms with E-state index in [0.29, 0.717) is 35.3 Å². The maximum atomic E-state index is 13.0. The smallest absolute Gasteiger partial charge is 0.341 e. The summed E-state index contributed by atoms with van der Waals surface area (Å²) in [4.78, 5) is 23.8. The van der Waals surface area contributed by atoms with E-state index < -0.39 is 12.6 Å². The zero-order chi connectivity index (χ0) is 30.7. The molecule has 1 amide bonds. The van der Waals surface area contributed by atoms with Gasteiger partial charge in [-0.1, -0.05) is 77.4 Å². The summed E-state index contributed by atoms with van der Waals surface area (Å²) in [5.41, 5.74) is 6.88. The maximum absolute atomic E-state index is 13.0. The first-order chi connectivity index (χ1) is 19.6. The lowest BCUT2D eigenvalue weighted by Crippen LogP contribution is -2.22. The van der Waals surface area contributed by atoms with Crippen LogP contribution in [0.3, 0.4) is 0 Å². The highest BCUT2D eigenvalue weighted by molar-refractivity contribution is 6.31. The highest BCUT2D eigenvalue weighted by Gasteiger charge is 2.16. The van der Waals surface area contributed by atoms with Crippen LogP contribution in [0.5, 0.6) is 5.75 Å². The van der Waals surface area contributed by atoms with E-state index in [1.165, 1.54) is 5.56 Å². The van der Waals surface area contributed by atoms with Crippen molar-refractivity contribution in [2.75, 3.05) is 6.61 Å². The highest BCUT2D eigenvalue weighted by Crippen LogP contribution is 2.30. The lowest BCUT2D eigenvalue weighted by Gasteiger charge is -2.13. The molecule has 0 unspecified atom stereocenters. The van der Waals surface area contributed by atoms with Gasteiger partial charge >= 0.3 is 5.97 Å². The summed E-state index contributed by atoms with van der Waals surface area (Å²) in [5, 5.41) is 13.5. The first-order valence-electron chi connectivity index (χ1n) is 14.2. The molecule has 0 aliphatic heterocycles. The molecule has 0 radical (unpaired) electrons. The summed E-state index contributed by atoms with van der Waals surface area (Å²) >= 11 is 6.46. The second kappa shape index (κ2) is 15.9. The lowest BCUT2D eigenvalue weighted by atomic mass is 10.0. The van der Waals surface area contributed by atoms with E-state index >= 15 is 0 Å². The van der Waals surface area contributed by atoms with Crippen LogP contribution in [0.2, 0.25) is 5.02 Å². The minimum absolute atomic E-state index is 0.118. The number of aliphatic carboxylic acids is 1. The molecule has 0 aliphatic rings. The Bertz CT molecular complexity index is 1470. The number of carboxylic acid groups (broad SMARTS) is 1. The molecule has 3 aromatic carbocycles. The number of amides is 1. The molecular weight excluding hydrogens is 536 g/mol. The van der Waals surface area contributed by atoms with Crippen LogP contribution in [0, 0.1) is 13.8 Å². The monoisotopic (exact) mass is 578 g/mol. The molecular formula is C34H43ClN2O4. The van der Waals surface area contributed by atoms with Gasteiger partial charge in [-0.25, -0.2) is 4.79 Å². The molecule has 0 saturated heterocycles. The summed E-state index contributed by atoms with van der Waals surface area (Å²) in [6, 6.07) is 19.2. The van der Waals surface area contributed by atoms with E-state index in [1.807, 2.05) is 71.9 Å². The molecule has 1 aromatic heterocycles. The van der Waals surface area contributed by atoms with Gasteiger partial charge in [0.15, 0.2) is 6.61 Å². The number of hydrogen-bond acceptors (Lipinski definition) is 3. The van der Waals surface area contributed by atoms with E-state index in [2.05, 4.69) is 35.9 Å². The molecule has 0 aliphatic carbocycles. The lowest BCUT2D eigenvalue weighted by molar-refractivity contribution is -0.139. The van der Waals surface area contributed by atoms with Gasteiger partial charge in [0.25, 0.3) is 5.91 Å². The van der Waals surface area contributed by atoms with E-state index in [4.69, 9.17) is 21.4 Å². The summed E-state index contributed by atoms with van der Waals surface area (Å²) in [6.07, 6.45) is 0. The van der Waals surface area contributed by atoms with Crippen molar-refractivity contribution in [2.45, 2.75) is 74.4 Å². The summed E-state index contributed by atoms with van der Waals surface area (Å²) < 4.78 is 7.47. The predicted octanol–water partition coefficient (Wildman–Crippen LogP) is 8.53. The standard InChI is InChI=1S/C30H31ClN2O4.2C2H6/c1-18(2)22-7-5-6-21(12-22)15-32-30(36)23-8-11-28-26(14-23)19(3)20(4)33(28)16-24-13-25(9-10-27(24)31)37-17-29(34)35;2*1-2/h5-14,18H,15-17H2,1-4H3,(H,32,36)(H,34,35);2*1-2H3. The first-order valence-corrected chi connectivity index (χ1v) is 14.6. The van der Waals surface area contributed by atoms with Gasteiger partial charge in [-0.2, -0.15) is 0 Å². The normalized spacial score (nSPS) is 10.4. The Kier molecular flexibility index (Phi) is 12.9. The Hall–Kier alpha value is -3.77. The van der Waals surface area contributed by atoms with Crippen molar-refractivity contribution in [3.8, 4) is 5.75 Å². The Labute approximate surface area is 249 Å². The largest absolute Gasteiger partial charge is 0.482 e. The number of ether oxygens (including phenoxy) is 1. The molecule has 1 heterocycles. The van der Waals surface area contributed by atoms with Crippen LogP contribution >= 0.6 is 11.6 Å². The minimum atomic E-state index is -1.04. The fourth-order valence-electron chi connectivity index (χ4n) is 4.42. The van der Waals surface area contributed by atoms with Crippen molar-refractivity contribution in [3.63, 3.8) is 0 Å². The number of nitrogens with zero attached hydrogens (tertiary/aromatic N) is 1. The molecule has 0 fully saturated rings. The second-order valence-corrected chi connectivity index (χ2v) is 9.95. The van der Waals surface area contributed by atoms with Gasteiger partial charge in [-0.15, -0.1) is 0 Å². The molecule has 4 aromatic rings. The minimum Gasteiger partial charge on any atom is -0.482 e. The van der Waals surface area contributed by atoms with Crippen LogP contribution in [0.15, 0.2) is 60.7 Å². The van der Waals surface area contributed by atoms with E-state index in [1.54, 1.807) is 18.2 Å². The van der Waals surface area contributed by atoms with Gasteiger partial charge in [0.1, 0.15) is 5.75 Å². The molecule has 220 valence electrons. The van der Waals surface area contributed by atoms with Crippen molar-refractivity contribution in [3.05, 3.63) is 99.2 Å². The molecule has 41 heavy (non-hydrogen) atoms. The first kappa shape index (κ1) is 33.4. The Balaban J connectivity index is 0.00000141. The van der Waals surface area contributed by atoms with Gasteiger partial charge in [-0.3, -0.25) is 4.79 Å². The number of aryl methyl sites for hydroxylation is 1. The molecule has 6 nitrogen and oxygen atoms in total. The maximum Gasteiger partial charge on any atom is 0.341 e. The van der Waals surface area contributed by atoms with Crippen LogP contribution in [-0.2, 0) is 17.9 Å². The number of hydrogen-bond donors (Lipinski definition) is 2. The third-order valence-electron chi connectivity index (χ3n) is 6.68. The third-order valence-corrected chi connectivity index (χ3v) is 7.05. The number of fused-ring (bicyclic) bond motifs is 1. The summed E-state index contributed by atoms with van der Waals surface area (Å²) in [7, 11) is 0. The second-order valence-electron chi connectivity index (χ2n) is 9.55. The number of benzene rings is 3. The average Bonchev–Trinajstić information content (AvgIpc) is 3.22. The van der Waals surface area contributed by atoms with Gasteiger partial charge < -0.3 is 19.7 Å². The quantitative estimate of drug-likeness (QED) is 0.208. The van der Waals surface area contributed by atoms with Crippen molar-refractivity contribution in [2.24, 2.45) is 0 Å². The highest BCUT2D eigenvalue weighted by atomic mass is 35.5. The van der Waals surface area contributed by atoms with E-state index in [-0.39, 0.29) is 5.91 Å². The zero-order valence-electron chi connectivity index (χ0n) is 25.5. The topological polar surface area (TPSA) is 80.6 Å². The van der Waals surface area contributed by atoms with Crippen molar-refractivity contribution < 1.29 is 19.4 Å². The van der Waals surface area contributed by atoms with Crippen LogP contribution in [0.4, 0.5) is 0 Å². The SMILES string of the molecule is CC.CC.Cc1c(C)n(Cc2cc(OCC(=O)O)ccc2Cl)c2ccc(C(=O)NCc3cccc(C(C)C)c3)cc12. The van der Waals surface area contributed by atoms with Crippen molar-refractivity contribution in [1.29, 1.82) is 0 Å². The zero-order valence-corrected chi connectivity index (χ0v) is 26.2. The van der Waals surface area contributed by atoms with Gasteiger partial charge in [0.2, 0.25) is 0 Å². The summed E-state index contributed by atoms with van der Waals surface area (Å²) in [6.45, 7) is 16.9. The van der Waals surface area contributed by atoms with Crippen molar-refractivity contribution in [1.82, 2.24) is 9.88 Å².